The van der Waals surface area contributed by atoms with Gasteiger partial charge in [-0.25, -0.2) is 4.79 Å². The van der Waals surface area contributed by atoms with Gasteiger partial charge in [0.2, 0.25) is 0 Å². The summed E-state index contributed by atoms with van der Waals surface area (Å²) in [6, 6.07) is 9.11. The molecular formula is C26H40O3Si. The zero-order valence-electron chi connectivity index (χ0n) is 20.0. The fraction of sp³-hybridized carbons (Fsp3) is 0.577. The number of benzene rings is 1. The molecule has 0 amide bonds. The monoisotopic (exact) mass is 428 g/mol. The van der Waals surface area contributed by atoms with E-state index >= 15 is 0 Å². The Labute approximate surface area is 185 Å². The first-order valence-electron chi connectivity index (χ1n) is 11.1. The third-order valence-electron chi connectivity index (χ3n) is 5.65. The summed E-state index contributed by atoms with van der Waals surface area (Å²) in [6.45, 7) is 15.9. The van der Waals surface area contributed by atoms with E-state index in [2.05, 4.69) is 52.6 Å². The molecule has 4 heteroatoms. The molecule has 0 heterocycles. The molecule has 1 aromatic carbocycles. The first-order chi connectivity index (χ1) is 14.1. The van der Waals surface area contributed by atoms with Gasteiger partial charge in [-0.2, -0.15) is 0 Å². The Kier molecular flexibility index (Phi) is 11.2. The standard InChI is InChI=1S/C26H40O3Si/c1-8-9-10-14-17-24(29-25(27)23-15-12-11-13-16-23)19-18-22(2)20-21-28-30(6,7)26(3,4)5/h11-13,15-16,20,24H,8-10,14,17,21H2,1-7H3/b22-20-. The fourth-order valence-electron chi connectivity index (χ4n) is 2.53. The van der Waals surface area contributed by atoms with Crippen molar-refractivity contribution >= 4 is 14.3 Å². The molecule has 0 spiro atoms. The molecule has 1 atom stereocenters. The third kappa shape index (κ3) is 9.78. The summed E-state index contributed by atoms with van der Waals surface area (Å²) in [6.07, 6.45) is 6.91. The number of rotatable bonds is 10. The molecular weight excluding hydrogens is 388 g/mol. The highest BCUT2D eigenvalue weighted by molar-refractivity contribution is 6.74. The van der Waals surface area contributed by atoms with Crippen molar-refractivity contribution in [3.8, 4) is 11.8 Å². The summed E-state index contributed by atoms with van der Waals surface area (Å²) >= 11 is 0. The van der Waals surface area contributed by atoms with Crippen LogP contribution in [0.4, 0.5) is 0 Å². The number of unbranched alkanes of at least 4 members (excludes halogenated alkanes) is 3. The lowest BCUT2D eigenvalue weighted by atomic mass is 10.1. The van der Waals surface area contributed by atoms with E-state index in [1.165, 1.54) is 12.8 Å². The molecule has 3 nitrogen and oxygen atoms in total. The molecule has 0 aliphatic heterocycles. The summed E-state index contributed by atoms with van der Waals surface area (Å²) in [5, 5.41) is 0.190. The van der Waals surface area contributed by atoms with Gasteiger partial charge in [0.1, 0.15) is 0 Å². The highest BCUT2D eigenvalue weighted by Crippen LogP contribution is 2.36. The van der Waals surface area contributed by atoms with Crippen molar-refractivity contribution in [2.75, 3.05) is 6.61 Å². The lowest BCUT2D eigenvalue weighted by molar-refractivity contribution is 0.0393. The second kappa shape index (κ2) is 12.8. The smallest absolute Gasteiger partial charge is 0.339 e. The van der Waals surface area contributed by atoms with E-state index < -0.39 is 8.32 Å². The van der Waals surface area contributed by atoms with Crippen molar-refractivity contribution < 1.29 is 14.0 Å². The maximum absolute atomic E-state index is 12.4. The quantitative estimate of drug-likeness (QED) is 0.172. The second-order valence-electron chi connectivity index (χ2n) is 9.34. The van der Waals surface area contributed by atoms with Gasteiger partial charge in [0.15, 0.2) is 14.4 Å². The maximum Gasteiger partial charge on any atom is 0.339 e. The summed E-state index contributed by atoms with van der Waals surface area (Å²) in [5.74, 6) is 6.03. The predicted octanol–water partition coefficient (Wildman–Crippen LogP) is 7.15. The molecule has 1 rings (SSSR count). The van der Waals surface area contributed by atoms with E-state index in [9.17, 15) is 4.79 Å². The molecule has 0 bridgehead atoms. The van der Waals surface area contributed by atoms with E-state index in [1.807, 2.05) is 31.2 Å². The van der Waals surface area contributed by atoms with E-state index in [0.717, 1.165) is 24.8 Å². The Morgan fingerprint density at radius 3 is 2.40 bits per heavy atom. The Balaban J connectivity index is 2.75. The van der Waals surface area contributed by atoms with Crippen molar-refractivity contribution in [1.29, 1.82) is 0 Å². The minimum absolute atomic E-state index is 0.190. The number of carbonyl (C=O) groups excluding carboxylic acids is 1. The number of carbonyl (C=O) groups is 1. The van der Waals surface area contributed by atoms with Gasteiger partial charge in [0.25, 0.3) is 0 Å². The number of allylic oxidation sites excluding steroid dienone is 1. The molecule has 30 heavy (non-hydrogen) atoms. The van der Waals surface area contributed by atoms with Crippen LogP contribution in [-0.2, 0) is 9.16 Å². The van der Waals surface area contributed by atoms with Crippen LogP contribution in [0.2, 0.25) is 18.1 Å². The molecule has 166 valence electrons. The summed E-state index contributed by atoms with van der Waals surface area (Å²) in [5.41, 5.74) is 1.51. The second-order valence-corrected chi connectivity index (χ2v) is 14.1. The molecule has 1 aromatic rings. The fourth-order valence-corrected chi connectivity index (χ4v) is 3.46. The molecule has 0 aliphatic rings. The Hall–Kier alpha value is -1.83. The summed E-state index contributed by atoms with van der Waals surface area (Å²) in [4.78, 5) is 12.4. The lowest BCUT2D eigenvalue weighted by Gasteiger charge is -2.35. The Bertz CT molecular complexity index is 733. The van der Waals surface area contributed by atoms with Gasteiger partial charge in [-0.3, -0.25) is 0 Å². The van der Waals surface area contributed by atoms with Crippen LogP contribution in [0.1, 0.15) is 77.1 Å². The minimum atomic E-state index is -1.76. The first-order valence-corrected chi connectivity index (χ1v) is 14.1. The normalized spacial score (nSPS) is 13.4. The number of hydrogen-bond donors (Lipinski definition) is 0. The van der Waals surface area contributed by atoms with Gasteiger partial charge in [0.05, 0.1) is 12.2 Å². The Morgan fingerprint density at radius 2 is 1.80 bits per heavy atom. The highest BCUT2D eigenvalue weighted by atomic mass is 28.4. The molecule has 0 N–H and O–H groups in total. The van der Waals surface area contributed by atoms with Crippen LogP contribution in [0, 0.1) is 11.8 Å². The molecule has 0 aliphatic carbocycles. The van der Waals surface area contributed by atoms with Crippen molar-refractivity contribution in [2.24, 2.45) is 0 Å². The molecule has 1 unspecified atom stereocenters. The number of ether oxygens (including phenoxy) is 1. The van der Waals surface area contributed by atoms with Crippen LogP contribution in [0.3, 0.4) is 0 Å². The van der Waals surface area contributed by atoms with E-state index in [1.54, 1.807) is 12.1 Å². The lowest BCUT2D eigenvalue weighted by Crippen LogP contribution is -2.40. The average Bonchev–Trinajstić information content (AvgIpc) is 2.68. The van der Waals surface area contributed by atoms with E-state index in [-0.39, 0.29) is 17.1 Å². The van der Waals surface area contributed by atoms with Gasteiger partial charge in [0, 0.05) is 0 Å². The molecule has 0 aromatic heterocycles. The van der Waals surface area contributed by atoms with Gasteiger partial charge >= 0.3 is 5.97 Å². The largest absolute Gasteiger partial charge is 0.446 e. The van der Waals surface area contributed by atoms with Crippen LogP contribution in [0.25, 0.3) is 0 Å². The van der Waals surface area contributed by atoms with Gasteiger partial charge in [-0.1, -0.05) is 77.0 Å². The van der Waals surface area contributed by atoms with Crippen molar-refractivity contribution in [2.45, 2.75) is 91.0 Å². The SMILES string of the molecule is CCCCCCC(C#C/C(C)=C\CO[Si](C)(C)C(C)(C)C)OC(=O)c1ccccc1. The topological polar surface area (TPSA) is 35.5 Å². The number of hydrogen-bond acceptors (Lipinski definition) is 3. The Morgan fingerprint density at radius 1 is 1.13 bits per heavy atom. The van der Waals surface area contributed by atoms with Crippen LogP contribution in [-0.4, -0.2) is 27.0 Å². The van der Waals surface area contributed by atoms with Crippen molar-refractivity contribution in [3.05, 3.63) is 47.5 Å². The summed E-state index contributed by atoms with van der Waals surface area (Å²) in [7, 11) is -1.76. The molecule has 0 saturated carbocycles. The van der Waals surface area contributed by atoms with E-state index in [0.29, 0.717) is 12.2 Å². The average molecular weight is 429 g/mol. The zero-order chi connectivity index (χ0) is 22.6. The van der Waals surface area contributed by atoms with Gasteiger partial charge in [-0.05, 0) is 61.7 Å². The molecule has 0 fully saturated rings. The van der Waals surface area contributed by atoms with E-state index in [4.69, 9.17) is 9.16 Å². The first kappa shape index (κ1) is 26.2. The summed E-state index contributed by atoms with van der Waals surface area (Å²) < 4.78 is 11.9. The number of esters is 1. The minimum Gasteiger partial charge on any atom is -0.446 e. The van der Waals surface area contributed by atoms with Crippen molar-refractivity contribution in [3.63, 3.8) is 0 Å². The molecule has 0 saturated heterocycles. The third-order valence-corrected chi connectivity index (χ3v) is 10.1. The van der Waals surface area contributed by atoms with Crippen LogP contribution in [0.15, 0.2) is 42.0 Å². The van der Waals surface area contributed by atoms with Gasteiger partial charge in [-0.15, -0.1) is 0 Å². The highest BCUT2D eigenvalue weighted by Gasteiger charge is 2.36. The zero-order valence-corrected chi connectivity index (χ0v) is 21.0. The maximum atomic E-state index is 12.4. The predicted molar refractivity (Wildman–Crippen MR) is 129 cm³/mol. The van der Waals surface area contributed by atoms with Crippen LogP contribution < -0.4 is 0 Å². The van der Waals surface area contributed by atoms with Crippen LogP contribution in [0.5, 0.6) is 0 Å². The van der Waals surface area contributed by atoms with Crippen LogP contribution >= 0.6 is 0 Å². The van der Waals surface area contributed by atoms with Gasteiger partial charge < -0.3 is 9.16 Å². The van der Waals surface area contributed by atoms with Crippen molar-refractivity contribution in [1.82, 2.24) is 0 Å². The molecule has 0 radical (unpaired) electrons.